The number of ether oxygens (including phenoxy) is 1. The van der Waals surface area contributed by atoms with Crippen molar-refractivity contribution in [1.29, 1.82) is 0 Å². The molecule has 1 atom stereocenters. The van der Waals surface area contributed by atoms with E-state index in [0.717, 1.165) is 26.1 Å². The zero-order valence-electron chi connectivity index (χ0n) is 14.2. The first kappa shape index (κ1) is 16.7. The zero-order valence-corrected chi connectivity index (χ0v) is 14.2. The molecule has 1 unspecified atom stereocenters. The molecule has 1 aliphatic rings. The summed E-state index contributed by atoms with van der Waals surface area (Å²) in [5, 5.41) is 2.84. The maximum atomic E-state index is 12.0. The second kappa shape index (κ2) is 8.08. The number of carbonyl (C=O) groups excluding carboxylic acids is 1. The van der Waals surface area contributed by atoms with Gasteiger partial charge in [0.25, 0.3) is 5.91 Å². The normalized spacial score (nSPS) is 16.5. The minimum Gasteiger partial charge on any atom is -0.383 e. The highest BCUT2D eigenvalue weighted by atomic mass is 16.5. The molecular weight excluding hydrogens is 300 g/mol. The monoisotopic (exact) mass is 325 g/mol. The van der Waals surface area contributed by atoms with Crippen molar-refractivity contribution in [2.24, 2.45) is 0 Å². The first-order valence-electron chi connectivity index (χ1n) is 8.52. The fraction of sp³-hybridized carbons (Fsp3) is 0.350. The van der Waals surface area contributed by atoms with Crippen LogP contribution < -0.4 is 10.2 Å². The molecule has 1 amide bonds. The van der Waals surface area contributed by atoms with Gasteiger partial charge in [-0.2, -0.15) is 0 Å². The van der Waals surface area contributed by atoms with Crippen molar-refractivity contribution in [3.8, 4) is 0 Å². The van der Waals surface area contributed by atoms with E-state index in [4.69, 9.17) is 4.74 Å². The number of nitrogens with one attached hydrogen (secondary N) is 2. The highest BCUT2D eigenvalue weighted by Crippen LogP contribution is 2.11. The van der Waals surface area contributed by atoms with Gasteiger partial charge in [0.15, 0.2) is 0 Å². The lowest BCUT2D eigenvalue weighted by Gasteiger charge is -2.26. The summed E-state index contributed by atoms with van der Waals surface area (Å²) < 4.78 is 4.94. The quantitative estimate of drug-likeness (QED) is 0.784. The van der Waals surface area contributed by atoms with Crippen LogP contribution in [0, 0.1) is 0 Å². The molecule has 24 heavy (non-hydrogen) atoms. The lowest BCUT2D eigenvalue weighted by atomic mass is 9.99. The summed E-state index contributed by atoms with van der Waals surface area (Å²) in [6.45, 7) is 4.31. The van der Waals surface area contributed by atoms with Gasteiger partial charge in [-0.1, -0.05) is 36.4 Å². The van der Waals surface area contributed by atoms with Crippen molar-refractivity contribution < 1.29 is 14.4 Å². The fourth-order valence-corrected chi connectivity index (χ4v) is 3.23. The predicted molar refractivity (Wildman–Crippen MR) is 94.0 cm³/mol. The van der Waals surface area contributed by atoms with Crippen LogP contribution in [0.25, 0.3) is 0 Å². The van der Waals surface area contributed by atoms with Gasteiger partial charge in [0.05, 0.1) is 13.2 Å². The number of hydrogen-bond donors (Lipinski definition) is 2. The minimum atomic E-state index is -0.0437. The third-order valence-corrected chi connectivity index (χ3v) is 4.57. The highest BCUT2D eigenvalue weighted by Gasteiger charge is 2.19. The smallest absolute Gasteiger partial charge is 0.251 e. The van der Waals surface area contributed by atoms with E-state index in [1.54, 1.807) is 12.0 Å². The molecule has 0 radical (unpaired) electrons. The molecule has 2 N–H and O–H groups in total. The van der Waals surface area contributed by atoms with Gasteiger partial charge >= 0.3 is 0 Å². The van der Waals surface area contributed by atoms with Gasteiger partial charge in [-0.05, 0) is 17.7 Å². The first-order valence-corrected chi connectivity index (χ1v) is 8.52. The van der Waals surface area contributed by atoms with Crippen LogP contribution in [0.2, 0.25) is 0 Å². The Bertz CT molecular complexity index is 682. The van der Waals surface area contributed by atoms with Crippen LogP contribution in [0.1, 0.15) is 27.0 Å². The highest BCUT2D eigenvalue weighted by molar-refractivity contribution is 5.94. The Kier molecular flexibility index (Phi) is 5.62. The van der Waals surface area contributed by atoms with Crippen molar-refractivity contribution >= 4 is 5.91 Å². The molecule has 0 aliphatic carbocycles. The molecule has 2 aromatic rings. The average Bonchev–Trinajstić information content (AvgIpc) is 2.62. The van der Waals surface area contributed by atoms with Gasteiger partial charge in [-0.3, -0.25) is 4.79 Å². The summed E-state index contributed by atoms with van der Waals surface area (Å²) in [7, 11) is 1.63. The third kappa shape index (κ3) is 4.22. The van der Waals surface area contributed by atoms with E-state index in [0.29, 0.717) is 18.7 Å². The number of amides is 1. The lowest BCUT2D eigenvalue weighted by molar-refractivity contribution is -0.929. The Hall–Kier alpha value is -2.17. The van der Waals surface area contributed by atoms with E-state index in [-0.39, 0.29) is 5.91 Å². The van der Waals surface area contributed by atoms with Crippen molar-refractivity contribution in [2.45, 2.75) is 19.5 Å². The SMILES string of the molecule is COCCNC(=O)c1ccc(C[NH+]2CCc3ccccc3C2)cc1. The van der Waals surface area contributed by atoms with Crippen LogP contribution in [0.3, 0.4) is 0 Å². The summed E-state index contributed by atoms with van der Waals surface area (Å²) in [6.07, 6.45) is 1.14. The van der Waals surface area contributed by atoms with Crippen molar-refractivity contribution in [1.82, 2.24) is 5.32 Å². The van der Waals surface area contributed by atoms with Crippen LogP contribution in [-0.4, -0.2) is 32.7 Å². The van der Waals surface area contributed by atoms with Crippen LogP contribution in [0.5, 0.6) is 0 Å². The van der Waals surface area contributed by atoms with Crippen molar-refractivity contribution in [3.63, 3.8) is 0 Å². The number of carbonyl (C=O) groups is 1. The predicted octanol–water partition coefficient (Wildman–Crippen LogP) is 1.20. The molecular formula is C20H25N2O2+. The Morgan fingerprint density at radius 1 is 1.12 bits per heavy atom. The van der Waals surface area contributed by atoms with Crippen LogP contribution >= 0.6 is 0 Å². The van der Waals surface area contributed by atoms with Crippen LogP contribution in [0.4, 0.5) is 0 Å². The maximum Gasteiger partial charge on any atom is 0.251 e. The van der Waals surface area contributed by atoms with E-state index in [9.17, 15) is 4.79 Å². The van der Waals surface area contributed by atoms with E-state index in [2.05, 4.69) is 41.7 Å². The summed E-state index contributed by atoms with van der Waals surface area (Å²) in [4.78, 5) is 13.6. The van der Waals surface area contributed by atoms with Crippen LogP contribution in [-0.2, 0) is 24.2 Å². The number of methoxy groups -OCH3 is 1. The van der Waals surface area contributed by atoms with Crippen molar-refractivity contribution in [2.75, 3.05) is 26.8 Å². The number of fused-ring (bicyclic) bond motifs is 1. The second-order valence-electron chi connectivity index (χ2n) is 6.32. The number of hydrogen-bond acceptors (Lipinski definition) is 2. The van der Waals surface area contributed by atoms with E-state index in [1.807, 2.05) is 12.1 Å². The average molecular weight is 325 g/mol. The van der Waals surface area contributed by atoms with Gasteiger partial charge in [0.2, 0.25) is 0 Å². The largest absolute Gasteiger partial charge is 0.383 e. The maximum absolute atomic E-state index is 12.0. The third-order valence-electron chi connectivity index (χ3n) is 4.57. The molecule has 1 aliphatic heterocycles. The minimum absolute atomic E-state index is 0.0437. The van der Waals surface area contributed by atoms with E-state index in [1.165, 1.54) is 16.7 Å². The Morgan fingerprint density at radius 2 is 1.88 bits per heavy atom. The van der Waals surface area contributed by atoms with E-state index >= 15 is 0 Å². The molecule has 4 nitrogen and oxygen atoms in total. The lowest BCUT2D eigenvalue weighted by Crippen LogP contribution is -3.10. The van der Waals surface area contributed by atoms with Gasteiger partial charge < -0.3 is 15.0 Å². The first-order chi connectivity index (χ1) is 11.8. The molecule has 0 saturated heterocycles. The Labute approximate surface area is 143 Å². The summed E-state index contributed by atoms with van der Waals surface area (Å²) in [5.74, 6) is -0.0437. The number of rotatable bonds is 6. The second-order valence-corrected chi connectivity index (χ2v) is 6.32. The van der Waals surface area contributed by atoms with E-state index < -0.39 is 0 Å². The molecule has 126 valence electrons. The molecule has 0 spiro atoms. The molecule has 1 heterocycles. The molecule has 0 bridgehead atoms. The summed E-state index contributed by atoms with van der Waals surface area (Å²) in [6, 6.07) is 16.7. The molecule has 0 saturated carbocycles. The molecule has 3 rings (SSSR count). The number of quaternary nitrogens is 1. The standard InChI is InChI=1S/C20H24N2O2/c1-24-13-11-21-20(23)18-8-6-16(7-9-18)14-22-12-10-17-4-2-3-5-19(17)15-22/h2-9H,10-15H2,1H3,(H,21,23)/p+1. The summed E-state index contributed by atoms with van der Waals surface area (Å²) in [5.41, 5.74) is 4.93. The topological polar surface area (TPSA) is 42.8 Å². The van der Waals surface area contributed by atoms with Gasteiger partial charge in [0.1, 0.15) is 13.1 Å². The van der Waals surface area contributed by atoms with Crippen molar-refractivity contribution in [3.05, 3.63) is 70.8 Å². The summed E-state index contributed by atoms with van der Waals surface area (Å²) >= 11 is 0. The van der Waals surface area contributed by atoms with Crippen LogP contribution in [0.15, 0.2) is 48.5 Å². The number of benzene rings is 2. The molecule has 2 aromatic carbocycles. The zero-order chi connectivity index (χ0) is 16.8. The Balaban J connectivity index is 1.56. The fourth-order valence-electron chi connectivity index (χ4n) is 3.23. The Morgan fingerprint density at radius 3 is 2.62 bits per heavy atom. The molecule has 4 heteroatoms. The van der Waals surface area contributed by atoms with Gasteiger partial charge in [-0.15, -0.1) is 0 Å². The van der Waals surface area contributed by atoms with Gasteiger partial charge in [0, 0.05) is 36.8 Å². The molecule has 0 aromatic heterocycles. The molecule has 0 fully saturated rings. The van der Waals surface area contributed by atoms with Gasteiger partial charge in [-0.25, -0.2) is 0 Å².